The van der Waals surface area contributed by atoms with E-state index in [1.165, 1.54) is 4.68 Å². The Hall–Kier alpha value is -0.374. The first-order chi connectivity index (χ1) is 7.59. The van der Waals surface area contributed by atoms with Gasteiger partial charge in [0.1, 0.15) is 5.82 Å². The van der Waals surface area contributed by atoms with E-state index in [1.807, 2.05) is 0 Å². The molecule has 0 aliphatic carbocycles. The van der Waals surface area contributed by atoms with E-state index in [0.29, 0.717) is 10.7 Å². The third-order valence-electron chi connectivity index (χ3n) is 2.10. The topological polar surface area (TPSA) is 84.0 Å². The molecule has 1 aromatic carbocycles. The normalized spacial score (nSPS) is 9.71. The molecule has 0 amide bonds. The Labute approximate surface area is 145 Å². The number of carbonyl (C=O) groups excluding carboxylic acids is 1. The molecule has 1 heterocycles. The average Bonchev–Trinajstić information content (AvgIpc) is 2.61. The van der Waals surface area contributed by atoms with Gasteiger partial charge in [0.2, 0.25) is 0 Å². The zero-order chi connectivity index (χ0) is 11.7. The number of nitrogens with zero attached hydrogens (tertiary/aromatic N) is 2. The molecule has 2 rings (SSSR count). The Kier molecular flexibility index (Phi) is 5.17. The van der Waals surface area contributed by atoms with Gasteiger partial charge in [-0.1, -0.05) is 11.6 Å². The SMILES string of the molecule is Nc1c(C(=O)[O-])cnn1-c1ccc(Cl)cc1.[K+]. The Bertz CT molecular complexity index is 539. The van der Waals surface area contributed by atoms with Crippen LogP contribution in [0.25, 0.3) is 5.69 Å². The molecular weight excluding hydrogens is 269 g/mol. The number of nitrogens with two attached hydrogens (primary N) is 1. The molecule has 0 atom stereocenters. The fraction of sp³-hybridized carbons (Fsp3) is 0. The number of carboxylic acids is 1. The van der Waals surface area contributed by atoms with Crippen molar-refractivity contribution in [3.63, 3.8) is 0 Å². The summed E-state index contributed by atoms with van der Waals surface area (Å²) < 4.78 is 1.31. The minimum Gasteiger partial charge on any atom is -0.545 e. The first-order valence-electron chi connectivity index (χ1n) is 4.40. The van der Waals surface area contributed by atoms with Crippen molar-refractivity contribution in [2.45, 2.75) is 0 Å². The first-order valence-corrected chi connectivity index (χ1v) is 4.78. The second-order valence-electron chi connectivity index (χ2n) is 3.12. The van der Waals surface area contributed by atoms with Crippen LogP contribution in [0.4, 0.5) is 5.82 Å². The molecule has 0 saturated carbocycles. The molecule has 0 spiro atoms. The molecule has 17 heavy (non-hydrogen) atoms. The summed E-state index contributed by atoms with van der Waals surface area (Å²) in [7, 11) is 0. The molecule has 0 radical (unpaired) electrons. The van der Waals surface area contributed by atoms with Crippen molar-refractivity contribution < 1.29 is 61.3 Å². The van der Waals surface area contributed by atoms with Crippen molar-refractivity contribution in [3.8, 4) is 5.69 Å². The van der Waals surface area contributed by atoms with Crippen LogP contribution in [0, 0.1) is 0 Å². The first kappa shape index (κ1) is 14.7. The van der Waals surface area contributed by atoms with Gasteiger partial charge in [0.25, 0.3) is 0 Å². The maximum atomic E-state index is 10.7. The Morgan fingerprint density at radius 3 is 2.41 bits per heavy atom. The van der Waals surface area contributed by atoms with Crippen molar-refractivity contribution >= 4 is 23.4 Å². The summed E-state index contributed by atoms with van der Waals surface area (Å²) in [5.41, 5.74) is 6.13. The van der Waals surface area contributed by atoms with Gasteiger partial charge in [-0.15, -0.1) is 0 Å². The molecule has 0 bridgehead atoms. The van der Waals surface area contributed by atoms with E-state index >= 15 is 0 Å². The van der Waals surface area contributed by atoms with Crippen LogP contribution in [-0.4, -0.2) is 15.7 Å². The average molecular weight is 276 g/mol. The number of carbonyl (C=O) groups is 1. The van der Waals surface area contributed by atoms with Crippen LogP contribution in [0.1, 0.15) is 10.4 Å². The molecule has 1 aromatic heterocycles. The fourth-order valence-corrected chi connectivity index (χ4v) is 1.43. The summed E-state index contributed by atoms with van der Waals surface area (Å²) in [6, 6.07) is 6.70. The van der Waals surface area contributed by atoms with Crippen molar-refractivity contribution in [3.05, 3.63) is 41.0 Å². The van der Waals surface area contributed by atoms with Gasteiger partial charge < -0.3 is 15.6 Å². The summed E-state index contributed by atoms with van der Waals surface area (Å²) >= 11 is 5.73. The number of rotatable bonds is 2. The summed E-state index contributed by atoms with van der Waals surface area (Å²) in [5, 5.41) is 15.1. The van der Waals surface area contributed by atoms with Crippen LogP contribution >= 0.6 is 11.6 Å². The van der Waals surface area contributed by atoms with Crippen molar-refractivity contribution in [1.29, 1.82) is 0 Å². The van der Waals surface area contributed by atoms with Crippen LogP contribution in [0.5, 0.6) is 0 Å². The van der Waals surface area contributed by atoms with Gasteiger partial charge in [0.15, 0.2) is 0 Å². The van der Waals surface area contributed by atoms with E-state index in [4.69, 9.17) is 17.3 Å². The Morgan fingerprint density at radius 1 is 1.35 bits per heavy atom. The van der Waals surface area contributed by atoms with Gasteiger partial charge >= 0.3 is 51.4 Å². The van der Waals surface area contributed by atoms with E-state index in [1.54, 1.807) is 24.3 Å². The monoisotopic (exact) mass is 275 g/mol. The van der Waals surface area contributed by atoms with Crippen LogP contribution < -0.4 is 62.2 Å². The van der Waals surface area contributed by atoms with E-state index in [2.05, 4.69) is 5.10 Å². The van der Waals surface area contributed by atoms with E-state index in [9.17, 15) is 9.90 Å². The molecule has 2 aromatic rings. The predicted molar refractivity (Wildman–Crippen MR) is 57.3 cm³/mol. The van der Waals surface area contributed by atoms with Gasteiger partial charge in [0, 0.05) is 5.02 Å². The molecular formula is C10H7ClKN3O2. The summed E-state index contributed by atoms with van der Waals surface area (Å²) in [6.07, 6.45) is 1.15. The van der Waals surface area contributed by atoms with Gasteiger partial charge in [-0.3, -0.25) is 0 Å². The van der Waals surface area contributed by atoms with Gasteiger partial charge in [0.05, 0.1) is 23.4 Å². The molecule has 0 unspecified atom stereocenters. The van der Waals surface area contributed by atoms with Crippen molar-refractivity contribution in [2.24, 2.45) is 0 Å². The number of benzene rings is 1. The molecule has 0 fully saturated rings. The molecule has 0 aliphatic heterocycles. The zero-order valence-electron chi connectivity index (χ0n) is 9.05. The van der Waals surface area contributed by atoms with E-state index in [0.717, 1.165) is 6.20 Å². The number of carboxylic acid groups (broad SMARTS) is 1. The van der Waals surface area contributed by atoms with E-state index in [-0.39, 0.29) is 62.8 Å². The van der Waals surface area contributed by atoms with E-state index < -0.39 is 5.97 Å². The predicted octanol–water partition coefficient (Wildman–Crippen LogP) is -2.52. The van der Waals surface area contributed by atoms with Gasteiger partial charge in [-0.2, -0.15) is 5.10 Å². The summed E-state index contributed by atoms with van der Waals surface area (Å²) in [6.45, 7) is 0. The second-order valence-corrected chi connectivity index (χ2v) is 3.56. The summed E-state index contributed by atoms with van der Waals surface area (Å²) in [4.78, 5) is 10.7. The zero-order valence-corrected chi connectivity index (χ0v) is 12.9. The number of nitrogen functional groups attached to an aromatic ring is 1. The number of aromatic carboxylic acids is 1. The molecule has 82 valence electrons. The van der Waals surface area contributed by atoms with Gasteiger partial charge in [-0.05, 0) is 24.3 Å². The number of halogens is 1. The van der Waals surface area contributed by atoms with Crippen LogP contribution in [0.15, 0.2) is 30.5 Å². The molecule has 5 nitrogen and oxygen atoms in total. The summed E-state index contributed by atoms with van der Waals surface area (Å²) in [5.74, 6) is -1.32. The third kappa shape index (κ3) is 3.09. The third-order valence-corrected chi connectivity index (χ3v) is 2.35. The molecule has 0 saturated heterocycles. The largest absolute Gasteiger partial charge is 1.00 e. The maximum Gasteiger partial charge on any atom is 1.00 e. The minimum atomic E-state index is -1.35. The smallest absolute Gasteiger partial charge is 0.545 e. The minimum absolute atomic E-state index is 0. The molecule has 0 aliphatic rings. The van der Waals surface area contributed by atoms with Crippen LogP contribution in [-0.2, 0) is 0 Å². The number of hydrogen-bond donors (Lipinski definition) is 1. The molecule has 2 N–H and O–H groups in total. The number of anilines is 1. The fourth-order valence-electron chi connectivity index (χ4n) is 1.30. The molecule has 7 heteroatoms. The maximum absolute atomic E-state index is 10.7. The van der Waals surface area contributed by atoms with Crippen LogP contribution in [0.2, 0.25) is 5.02 Å². The van der Waals surface area contributed by atoms with Crippen LogP contribution in [0.3, 0.4) is 0 Å². The number of hydrogen-bond acceptors (Lipinski definition) is 4. The standard InChI is InChI=1S/C10H8ClN3O2.K/c11-6-1-3-7(4-2-6)14-9(12)8(5-13-14)10(15)16;/h1-5H,12H2,(H,15,16);/q;+1/p-1. The van der Waals surface area contributed by atoms with Crippen molar-refractivity contribution in [2.75, 3.05) is 5.73 Å². The van der Waals surface area contributed by atoms with Crippen molar-refractivity contribution in [1.82, 2.24) is 9.78 Å². The Morgan fingerprint density at radius 2 is 1.94 bits per heavy atom. The number of aromatic nitrogens is 2. The van der Waals surface area contributed by atoms with Gasteiger partial charge in [-0.25, -0.2) is 4.68 Å². The quantitative estimate of drug-likeness (QED) is 0.613. The Balaban J connectivity index is 0.00000144. The second kappa shape index (κ2) is 5.99.